The molecule has 0 spiro atoms. The van der Waals surface area contributed by atoms with E-state index in [1.165, 1.54) is 18.7 Å². The van der Waals surface area contributed by atoms with Gasteiger partial charge >= 0.3 is 5.97 Å². The minimum atomic E-state index is -0.367. The summed E-state index contributed by atoms with van der Waals surface area (Å²) in [6.45, 7) is 2.10. The third-order valence-corrected chi connectivity index (χ3v) is 2.01. The first kappa shape index (κ1) is 11.3. The number of rotatable bonds is 4. The van der Waals surface area contributed by atoms with E-state index < -0.39 is 0 Å². The maximum atomic E-state index is 10.8. The highest BCUT2D eigenvalue weighted by molar-refractivity contribution is 5.82. The van der Waals surface area contributed by atoms with Crippen LogP contribution in [0.15, 0.2) is 36.5 Å². The molecule has 0 saturated carbocycles. The molecule has 1 rings (SSSR count). The molecular formula is C12H15NO2. The zero-order valence-electron chi connectivity index (χ0n) is 8.99. The van der Waals surface area contributed by atoms with Crippen LogP contribution in [0.5, 0.6) is 0 Å². The second-order valence-corrected chi connectivity index (χ2v) is 3.05. The number of hydrogen-bond donors (Lipinski definition) is 1. The SMILES string of the molecule is CCc1cccc(N/C=C/C(=O)OC)c1. The van der Waals surface area contributed by atoms with Crippen LogP contribution in [0, 0.1) is 0 Å². The van der Waals surface area contributed by atoms with Crippen molar-refractivity contribution < 1.29 is 9.53 Å². The Kier molecular flexibility index (Phi) is 4.41. The van der Waals surface area contributed by atoms with Crippen LogP contribution in [0.2, 0.25) is 0 Å². The number of benzene rings is 1. The van der Waals surface area contributed by atoms with Crippen LogP contribution in [0.3, 0.4) is 0 Å². The number of methoxy groups -OCH3 is 1. The number of aryl methyl sites for hydroxylation is 1. The molecule has 1 N–H and O–H groups in total. The van der Waals surface area contributed by atoms with Gasteiger partial charge in [0.1, 0.15) is 0 Å². The number of carbonyl (C=O) groups excluding carboxylic acids is 1. The van der Waals surface area contributed by atoms with E-state index in [2.05, 4.69) is 23.0 Å². The summed E-state index contributed by atoms with van der Waals surface area (Å²) in [6, 6.07) is 8.03. The molecule has 0 aliphatic carbocycles. The number of carbonyl (C=O) groups is 1. The number of esters is 1. The van der Waals surface area contributed by atoms with E-state index in [0.29, 0.717) is 0 Å². The van der Waals surface area contributed by atoms with Crippen LogP contribution in [-0.4, -0.2) is 13.1 Å². The van der Waals surface area contributed by atoms with Crippen molar-refractivity contribution in [1.82, 2.24) is 0 Å². The van der Waals surface area contributed by atoms with Gasteiger partial charge in [0.2, 0.25) is 0 Å². The lowest BCUT2D eigenvalue weighted by molar-refractivity contribution is -0.134. The molecule has 15 heavy (non-hydrogen) atoms. The van der Waals surface area contributed by atoms with Crippen molar-refractivity contribution in [3.63, 3.8) is 0 Å². The smallest absolute Gasteiger partial charge is 0.331 e. The molecule has 0 heterocycles. The van der Waals surface area contributed by atoms with Gasteiger partial charge in [0.25, 0.3) is 0 Å². The predicted molar refractivity (Wildman–Crippen MR) is 60.6 cm³/mol. The Morgan fingerprint density at radius 2 is 2.33 bits per heavy atom. The molecule has 0 atom stereocenters. The number of anilines is 1. The van der Waals surface area contributed by atoms with Gasteiger partial charge in [0, 0.05) is 18.0 Å². The highest BCUT2D eigenvalue weighted by Crippen LogP contribution is 2.10. The summed E-state index contributed by atoms with van der Waals surface area (Å²) in [7, 11) is 1.35. The Bertz CT molecular complexity index is 358. The van der Waals surface area contributed by atoms with Crippen molar-refractivity contribution in [2.45, 2.75) is 13.3 Å². The fourth-order valence-electron chi connectivity index (χ4n) is 1.16. The number of nitrogens with one attached hydrogen (secondary N) is 1. The van der Waals surface area contributed by atoms with Crippen molar-refractivity contribution >= 4 is 11.7 Å². The average Bonchev–Trinajstić information content (AvgIpc) is 2.29. The van der Waals surface area contributed by atoms with Gasteiger partial charge < -0.3 is 10.1 Å². The van der Waals surface area contributed by atoms with Crippen LogP contribution in [-0.2, 0) is 16.0 Å². The van der Waals surface area contributed by atoms with Gasteiger partial charge in [0.05, 0.1) is 7.11 Å². The molecule has 3 nitrogen and oxygen atoms in total. The Morgan fingerprint density at radius 1 is 1.53 bits per heavy atom. The Hall–Kier alpha value is -1.77. The van der Waals surface area contributed by atoms with Gasteiger partial charge in [-0.2, -0.15) is 0 Å². The first-order chi connectivity index (χ1) is 7.26. The standard InChI is InChI=1S/C12H15NO2/c1-3-10-5-4-6-11(9-10)13-8-7-12(14)15-2/h4-9,13H,3H2,1-2H3/b8-7+. The summed E-state index contributed by atoms with van der Waals surface area (Å²) in [5.41, 5.74) is 2.22. The normalized spacial score (nSPS) is 10.3. The maximum absolute atomic E-state index is 10.8. The first-order valence-corrected chi connectivity index (χ1v) is 4.86. The van der Waals surface area contributed by atoms with Gasteiger partial charge in [-0.1, -0.05) is 19.1 Å². The summed E-state index contributed by atoms with van der Waals surface area (Å²) in [6.07, 6.45) is 3.91. The van der Waals surface area contributed by atoms with Crippen molar-refractivity contribution in [3.8, 4) is 0 Å². The van der Waals surface area contributed by atoms with Crippen LogP contribution in [0.25, 0.3) is 0 Å². The molecule has 1 aromatic carbocycles. The molecule has 3 heteroatoms. The van der Waals surface area contributed by atoms with Crippen LogP contribution in [0.1, 0.15) is 12.5 Å². The molecule has 0 unspecified atom stereocenters. The van der Waals surface area contributed by atoms with E-state index in [4.69, 9.17) is 0 Å². The summed E-state index contributed by atoms with van der Waals surface area (Å²) >= 11 is 0. The van der Waals surface area contributed by atoms with Gasteiger partial charge in [-0.15, -0.1) is 0 Å². The van der Waals surface area contributed by atoms with Crippen molar-refractivity contribution in [2.75, 3.05) is 12.4 Å². The summed E-state index contributed by atoms with van der Waals surface area (Å²) in [5, 5.41) is 3.00. The monoisotopic (exact) mass is 205 g/mol. The largest absolute Gasteiger partial charge is 0.466 e. The lowest BCUT2D eigenvalue weighted by atomic mass is 10.1. The lowest BCUT2D eigenvalue weighted by Crippen LogP contribution is -1.96. The quantitative estimate of drug-likeness (QED) is 0.605. The molecule has 0 radical (unpaired) electrons. The van der Waals surface area contributed by atoms with E-state index >= 15 is 0 Å². The second kappa shape index (κ2) is 5.86. The summed E-state index contributed by atoms with van der Waals surface area (Å²) in [5.74, 6) is -0.367. The van der Waals surface area contributed by atoms with Gasteiger partial charge in [-0.3, -0.25) is 0 Å². The summed E-state index contributed by atoms with van der Waals surface area (Å²) in [4.78, 5) is 10.8. The molecule has 0 fully saturated rings. The number of ether oxygens (including phenoxy) is 1. The molecule has 80 valence electrons. The van der Waals surface area contributed by atoms with Crippen molar-refractivity contribution in [3.05, 3.63) is 42.1 Å². The molecule has 1 aromatic rings. The van der Waals surface area contributed by atoms with Crippen LogP contribution >= 0.6 is 0 Å². The van der Waals surface area contributed by atoms with E-state index in [9.17, 15) is 4.79 Å². The van der Waals surface area contributed by atoms with E-state index in [1.54, 1.807) is 6.20 Å². The first-order valence-electron chi connectivity index (χ1n) is 4.86. The third kappa shape index (κ3) is 3.85. The molecule has 0 aromatic heterocycles. The molecule has 0 saturated heterocycles. The van der Waals surface area contributed by atoms with E-state index in [1.807, 2.05) is 18.2 Å². The van der Waals surface area contributed by atoms with Gasteiger partial charge in [0.15, 0.2) is 0 Å². The average molecular weight is 205 g/mol. The number of hydrogen-bond acceptors (Lipinski definition) is 3. The Labute approximate surface area is 89.8 Å². The minimum Gasteiger partial charge on any atom is -0.466 e. The Morgan fingerprint density at radius 3 is 3.00 bits per heavy atom. The fraction of sp³-hybridized carbons (Fsp3) is 0.250. The van der Waals surface area contributed by atoms with E-state index in [-0.39, 0.29) is 5.97 Å². The van der Waals surface area contributed by atoms with Gasteiger partial charge in [-0.05, 0) is 24.1 Å². The fourth-order valence-corrected chi connectivity index (χ4v) is 1.16. The molecule has 0 amide bonds. The molecular weight excluding hydrogens is 190 g/mol. The minimum absolute atomic E-state index is 0.367. The molecule has 0 aliphatic heterocycles. The lowest BCUT2D eigenvalue weighted by Gasteiger charge is -2.02. The maximum Gasteiger partial charge on any atom is 0.331 e. The van der Waals surface area contributed by atoms with Crippen LogP contribution < -0.4 is 5.32 Å². The second-order valence-electron chi connectivity index (χ2n) is 3.05. The zero-order chi connectivity index (χ0) is 11.1. The van der Waals surface area contributed by atoms with Crippen molar-refractivity contribution in [1.29, 1.82) is 0 Å². The van der Waals surface area contributed by atoms with Crippen LogP contribution in [0.4, 0.5) is 5.69 Å². The molecule has 0 bridgehead atoms. The van der Waals surface area contributed by atoms with Gasteiger partial charge in [-0.25, -0.2) is 4.79 Å². The summed E-state index contributed by atoms with van der Waals surface area (Å²) < 4.78 is 4.47. The van der Waals surface area contributed by atoms with Crippen molar-refractivity contribution in [2.24, 2.45) is 0 Å². The molecule has 0 aliphatic rings. The zero-order valence-corrected chi connectivity index (χ0v) is 8.99. The topological polar surface area (TPSA) is 38.3 Å². The Balaban J connectivity index is 2.57. The highest BCUT2D eigenvalue weighted by Gasteiger charge is 1.92. The predicted octanol–water partition coefficient (Wildman–Crippen LogP) is 2.35. The highest BCUT2D eigenvalue weighted by atomic mass is 16.5. The van der Waals surface area contributed by atoms with E-state index in [0.717, 1.165) is 12.1 Å². The third-order valence-electron chi connectivity index (χ3n) is 2.01.